The SMILES string of the molecule is CC(C)(C)CC(=O)C[O]. The topological polar surface area (TPSA) is 37.0 Å². The Hall–Kier alpha value is -0.370. The van der Waals surface area contributed by atoms with Gasteiger partial charge in [-0.2, -0.15) is 0 Å². The van der Waals surface area contributed by atoms with Gasteiger partial charge in [-0.15, -0.1) is 0 Å². The minimum absolute atomic E-state index is 0.0263. The first-order valence-electron chi connectivity index (χ1n) is 3.05. The van der Waals surface area contributed by atoms with Crippen LogP contribution in [0.25, 0.3) is 0 Å². The quantitative estimate of drug-likeness (QED) is 0.555. The van der Waals surface area contributed by atoms with Crippen molar-refractivity contribution < 1.29 is 9.90 Å². The van der Waals surface area contributed by atoms with Crippen LogP contribution in [0.15, 0.2) is 0 Å². The molecule has 0 fully saturated rings. The highest BCUT2D eigenvalue weighted by atomic mass is 16.3. The zero-order valence-corrected chi connectivity index (χ0v) is 6.23. The summed E-state index contributed by atoms with van der Waals surface area (Å²) in [6.07, 6.45) is 0.399. The lowest BCUT2D eigenvalue weighted by Crippen LogP contribution is -2.14. The van der Waals surface area contributed by atoms with E-state index in [0.717, 1.165) is 0 Å². The molecule has 2 heteroatoms. The Kier molecular flexibility index (Phi) is 2.85. The van der Waals surface area contributed by atoms with Gasteiger partial charge in [-0.3, -0.25) is 4.79 Å². The average Bonchev–Trinajstić information content (AvgIpc) is 1.62. The van der Waals surface area contributed by atoms with Crippen molar-refractivity contribution in [2.45, 2.75) is 27.2 Å². The first-order valence-corrected chi connectivity index (χ1v) is 3.05. The molecule has 9 heavy (non-hydrogen) atoms. The summed E-state index contributed by atoms with van der Waals surface area (Å²) >= 11 is 0. The van der Waals surface area contributed by atoms with Crippen molar-refractivity contribution in [3.8, 4) is 0 Å². The van der Waals surface area contributed by atoms with E-state index in [1.165, 1.54) is 0 Å². The van der Waals surface area contributed by atoms with Crippen LogP contribution in [0.3, 0.4) is 0 Å². The number of ketones is 1. The molecule has 0 aromatic heterocycles. The average molecular weight is 129 g/mol. The molecule has 0 unspecified atom stereocenters. The number of hydrogen-bond donors (Lipinski definition) is 0. The first kappa shape index (κ1) is 8.63. The second kappa shape index (κ2) is 2.97. The van der Waals surface area contributed by atoms with Crippen LogP contribution in [0.4, 0.5) is 0 Å². The summed E-state index contributed by atoms with van der Waals surface area (Å²) in [5, 5.41) is 9.96. The van der Waals surface area contributed by atoms with Gasteiger partial charge in [0.15, 0.2) is 5.78 Å². The van der Waals surface area contributed by atoms with Gasteiger partial charge in [-0.1, -0.05) is 20.8 Å². The first-order chi connectivity index (χ1) is 3.95. The predicted molar refractivity (Wildman–Crippen MR) is 34.6 cm³/mol. The zero-order chi connectivity index (χ0) is 7.49. The fourth-order valence-electron chi connectivity index (χ4n) is 0.643. The molecule has 0 aliphatic heterocycles. The monoisotopic (exact) mass is 129 g/mol. The van der Waals surface area contributed by atoms with E-state index in [1.54, 1.807) is 0 Å². The van der Waals surface area contributed by atoms with E-state index in [2.05, 4.69) is 0 Å². The largest absolute Gasteiger partial charge is 0.297 e. The Balaban J connectivity index is 3.60. The van der Waals surface area contributed by atoms with Gasteiger partial charge in [0.2, 0.25) is 0 Å². The Morgan fingerprint density at radius 1 is 1.33 bits per heavy atom. The second-order valence-electron chi connectivity index (χ2n) is 3.42. The Labute approximate surface area is 55.9 Å². The molecule has 0 amide bonds. The highest BCUT2D eigenvalue weighted by molar-refractivity contribution is 5.79. The molecule has 0 N–H and O–H groups in total. The van der Waals surface area contributed by atoms with Gasteiger partial charge < -0.3 is 0 Å². The van der Waals surface area contributed by atoms with Gasteiger partial charge in [0.1, 0.15) is 6.61 Å². The van der Waals surface area contributed by atoms with Gasteiger partial charge >= 0.3 is 0 Å². The molecule has 0 aliphatic carbocycles. The van der Waals surface area contributed by atoms with E-state index in [0.29, 0.717) is 6.42 Å². The summed E-state index contributed by atoms with van der Waals surface area (Å²) < 4.78 is 0. The van der Waals surface area contributed by atoms with Crippen molar-refractivity contribution in [2.75, 3.05) is 6.61 Å². The van der Waals surface area contributed by atoms with Crippen molar-refractivity contribution in [1.82, 2.24) is 0 Å². The van der Waals surface area contributed by atoms with Gasteiger partial charge in [0.05, 0.1) is 0 Å². The van der Waals surface area contributed by atoms with Crippen LogP contribution in [0.2, 0.25) is 0 Å². The number of rotatable bonds is 2. The maximum absolute atomic E-state index is 10.5. The maximum Gasteiger partial charge on any atom is 0.162 e. The minimum Gasteiger partial charge on any atom is -0.297 e. The molecule has 2 nitrogen and oxygen atoms in total. The van der Waals surface area contributed by atoms with Crippen LogP contribution < -0.4 is 0 Å². The molecule has 0 atom stereocenters. The van der Waals surface area contributed by atoms with Crippen LogP contribution >= 0.6 is 0 Å². The second-order valence-corrected chi connectivity index (χ2v) is 3.42. The summed E-state index contributed by atoms with van der Waals surface area (Å²) in [6.45, 7) is 5.26. The zero-order valence-electron chi connectivity index (χ0n) is 6.23. The Morgan fingerprint density at radius 2 is 1.78 bits per heavy atom. The minimum atomic E-state index is -0.572. The molecular formula is C7H13O2. The molecule has 0 aromatic carbocycles. The molecule has 53 valence electrons. The molecule has 0 saturated heterocycles. The summed E-state index contributed by atoms with van der Waals surface area (Å²) in [7, 11) is 0. The van der Waals surface area contributed by atoms with Crippen molar-refractivity contribution >= 4 is 5.78 Å². The lowest BCUT2D eigenvalue weighted by Gasteiger charge is -2.14. The van der Waals surface area contributed by atoms with E-state index >= 15 is 0 Å². The van der Waals surface area contributed by atoms with Gasteiger partial charge in [0.25, 0.3) is 0 Å². The van der Waals surface area contributed by atoms with Crippen molar-refractivity contribution in [2.24, 2.45) is 5.41 Å². The smallest absolute Gasteiger partial charge is 0.162 e. The van der Waals surface area contributed by atoms with Crippen molar-refractivity contribution in [1.29, 1.82) is 0 Å². The van der Waals surface area contributed by atoms with E-state index in [-0.39, 0.29) is 11.2 Å². The van der Waals surface area contributed by atoms with Crippen LogP contribution in [0, 0.1) is 5.41 Å². The lowest BCUT2D eigenvalue weighted by molar-refractivity contribution is -0.125. The highest BCUT2D eigenvalue weighted by Gasteiger charge is 2.14. The van der Waals surface area contributed by atoms with Gasteiger partial charge in [0, 0.05) is 6.42 Å². The fourth-order valence-corrected chi connectivity index (χ4v) is 0.643. The molecule has 1 radical (unpaired) electrons. The third-order valence-electron chi connectivity index (χ3n) is 0.888. The summed E-state index contributed by atoms with van der Waals surface area (Å²) in [5.74, 6) is -0.192. The third-order valence-corrected chi connectivity index (χ3v) is 0.888. The predicted octanol–water partition coefficient (Wildman–Crippen LogP) is 1.42. The van der Waals surface area contributed by atoms with E-state index in [4.69, 9.17) is 0 Å². The standard InChI is InChI=1S/C7H13O2/c1-7(2,3)4-6(9)5-8/h4-5H2,1-3H3. The van der Waals surface area contributed by atoms with Crippen LogP contribution in [-0.2, 0) is 9.90 Å². The van der Waals surface area contributed by atoms with E-state index in [1.807, 2.05) is 20.8 Å². The molecular weight excluding hydrogens is 116 g/mol. The molecule has 0 spiro atoms. The summed E-state index contributed by atoms with van der Waals surface area (Å²) in [5.41, 5.74) is -0.0263. The fraction of sp³-hybridized carbons (Fsp3) is 0.857. The van der Waals surface area contributed by atoms with Crippen molar-refractivity contribution in [3.63, 3.8) is 0 Å². The summed E-state index contributed by atoms with van der Waals surface area (Å²) in [4.78, 5) is 10.5. The Morgan fingerprint density at radius 3 is 1.89 bits per heavy atom. The molecule has 0 saturated carbocycles. The lowest BCUT2D eigenvalue weighted by atomic mass is 9.90. The van der Waals surface area contributed by atoms with Gasteiger partial charge in [-0.25, -0.2) is 5.11 Å². The van der Waals surface area contributed by atoms with Crippen LogP contribution in [0.5, 0.6) is 0 Å². The number of hydrogen-bond acceptors (Lipinski definition) is 1. The third kappa shape index (κ3) is 5.50. The normalized spacial score (nSPS) is 11.6. The highest BCUT2D eigenvalue weighted by Crippen LogP contribution is 2.17. The van der Waals surface area contributed by atoms with Crippen LogP contribution in [0.1, 0.15) is 27.2 Å². The molecule has 0 aliphatic rings. The van der Waals surface area contributed by atoms with E-state index < -0.39 is 6.61 Å². The molecule has 0 heterocycles. The molecule has 0 aromatic rings. The summed E-state index contributed by atoms with van der Waals surface area (Å²) in [6, 6.07) is 0. The maximum atomic E-state index is 10.5. The number of carbonyl (C=O) groups is 1. The molecule has 0 bridgehead atoms. The number of Topliss-reactive ketones (excluding diaryl/α,β-unsaturated/α-hetero) is 1. The Bertz CT molecular complexity index is 100.0. The number of carbonyl (C=O) groups excluding carboxylic acids is 1. The van der Waals surface area contributed by atoms with Gasteiger partial charge in [-0.05, 0) is 5.41 Å². The van der Waals surface area contributed by atoms with E-state index in [9.17, 15) is 9.90 Å². The molecule has 0 rings (SSSR count). The van der Waals surface area contributed by atoms with Crippen LogP contribution in [-0.4, -0.2) is 12.4 Å². The van der Waals surface area contributed by atoms with Crippen molar-refractivity contribution in [3.05, 3.63) is 0 Å².